The number of hydrogen-bond donors (Lipinski definition) is 1. The van der Waals surface area contributed by atoms with Crippen LogP contribution in [0.4, 0.5) is 10.1 Å². The number of ether oxygens (including phenoxy) is 1. The number of rotatable bonds is 3. The minimum Gasteiger partial charge on any atom is -0.496 e. The Morgan fingerprint density at radius 1 is 1.19 bits per heavy atom. The maximum absolute atomic E-state index is 13.2. The summed E-state index contributed by atoms with van der Waals surface area (Å²) in [7, 11) is 1.53. The van der Waals surface area contributed by atoms with Crippen LogP contribution < -0.4 is 10.5 Å². The summed E-state index contributed by atoms with van der Waals surface area (Å²) in [4.78, 5) is 4.26. The van der Waals surface area contributed by atoms with Crippen molar-refractivity contribution in [3.63, 3.8) is 0 Å². The molecule has 6 heteroatoms. The zero-order valence-corrected chi connectivity index (χ0v) is 11.2. The second-order valence-corrected chi connectivity index (χ2v) is 4.39. The highest BCUT2D eigenvalue weighted by Crippen LogP contribution is 2.31. The molecule has 0 bridgehead atoms. The molecule has 3 rings (SSSR count). The number of halogens is 1. The highest BCUT2D eigenvalue weighted by Gasteiger charge is 2.15. The molecule has 0 aliphatic carbocycles. The van der Waals surface area contributed by atoms with E-state index in [1.165, 1.54) is 19.2 Å². The zero-order chi connectivity index (χ0) is 14.8. The van der Waals surface area contributed by atoms with Gasteiger partial charge in [0, 0.05) is 17.3 Å². The van der Waals surface area contributed by atoms with Gasteiger partial charge in [0.15, 0.2) is 0 Å². The summed E-state index contributed by atoms with van der Waals surface area (Å²) in [5.74, 6) is 0.767. The molecule has 1 aromatic heterocycles. The Bertz CT molecular complexity index is 786. The fourth-order valence-corrected chi connectivity index (χ4v) is 1.96. The van der Waals surface area contributed by atoms with Crippen molar-refractivity contribution in [1.82, 2.24) is 10.1 Å². The molecular weight excluding hydrogens is 273 g/mol. The molecule has 21 heavy (non-hydrogen) atoms. The van der Waals surface area contributed by atoms with Crippen molar-refractivity contribution in [2.24, 2.45) is 0 Å². The molecule has 0 saturated carbocycles. The third kappa shape index (κ3) is 2.55. The van der Waals surface area contributed by atoms with Crippen LogP contribution >= 0.6 is 0 Å². The van der Waals surface area contributed by atoms with Crippen LogP contribution in [0.25, 0.3) is 22.8 Å². The maximum Gasteiger partial charge on any atom is 0.262 e. The van der Waals surface area contributed by atoms with E-state index in [4.69, 9.17) is 15.0 Å². The van der Waals surface area contributed by atoms with E-state index in [1.54, 1.807) is 30.3 Å². The minimum atomic E-state index is -0.357. The first kappa shape index (κ1) is 13.1. The van der Waals surface area contributed by atoms with Gasteiger partial charge in [-0.05, 0) is 24.3 Å². The molecule has 0 saturated heterocycles. The third-order valence-electron chi connectivity index (χ3n) is 2.96. The van der Waals surface area contributed by atoms with Gasteiger partial charge >= 0.3 is 0 Å². The van der Waals surface area contributed by atoms with Gasteiger partial charge in [0.2, 0.25) is 5.82 Å². The van der Waals surface area contributed by atoms with Crippen molar-refractivity contribution in [2.45, 2.75) is 0 Å². The van der Waals surface area contributed by atoms with Gasteiger partial charge in [0.05, 0.1) is 12.7 Å². The third-order valence-corrected chi connectivity index (χ3v) is 2.96. The summed E-state index contributed by atoms with van der Waals surface area (Å²) in [5, 5.41) is 3.86. The van der Waals surface area contributed by atoms with Crippen LogP contribution in [0.3, 0.4) is 0 Å². The van der Waals surface area contributed by atoms with Crippen LogP contribution in [-0.2, 0) is 0 Å². The first-order valence-corrected chi connectivity index (χ1v) is 6.21. The number of nitrogen functional groups attached to an aromatic ring is 1. The van der Waals surface area contributed by atoms with Crippen molar-refractivity contribution in [3.8, 4) is 28.6 Å². The number of benzene rings is 2. The van der Waals surface area contributed by atoms with Crippen molar-refractivity contribution >= 4 is 5.69 Å². The monoisotopic (exact) mass is 285 g/mol. The summed E-state index contributed by atoms with van der Waals surface area (Å²) >= 11 is 0. The summed E-state index contributed by atoms with van der Waals surface area (Å²) in [6, 6.07) is 11.1. The van der Waals surface area contributed by atoms with E-state index in [0.29, 0.717) is 28.4 Å². The van der Waals surface area contributed by atoms with E-state index in [9.17, 15) is 4.39 Å². The highest BCUT2D eigenvalue weighted by atomic mass is 19.1. The summed E-state index contributed by atoms with van der Waals surface area (Å²) in [6.07, 6.45) is 0. The van der Waals surface area contributed by atoms with Gasteiger partial charge in [0.1, 0.15) is 11.6 Å². The van der Waals surface area contributed by atoms with Crippen LogP contribution in [0.2, 0.25) is 0 Å². The molecule has 0 unspecified atom stereocenters. The van der Waals surface area contributed by atoms with Gasteiger partial charge in [-0.1, -0.05) is 17.3 Å². The number of aromatic nitrogens is 2. The Hall–Kier alpha value is -2.89. The quantitative estimate of drug-likeness (QED) is 0.748. The van der Waals surface area contributed by atoms with Crippen molar-refractivity contribution in [3.05, 3.63) is 48.3 Å². The van der Waals surface area contributed by atoms with Crippen LogP contribution in [-0.4, -0.2) is 17.3 Å². The topological polar surface area (TPSA) is 74.2 Å². The van der Waals surface area contributed by atoms with Crippen LogP contribution in [0, 0.1) is 5.82 Å². The minimum absolute atomic E-state index is 0.283. The van der Waals surface area contributed by atoms with Gasteiger partial charge in [-0.2, -0.15) is 4.98 Å². The number of methoxy groups -OCH3 is 1. The van der Waals surface area contributed by atoms with Crippen LogP contribution in [0.5, 0.6) is 5.75 Å². The number of anilines is 1. The van der Waals surface area contributed by atoms with Crippen molar-refractivity contribution in [2.75, 3.05) is 12.8 Å². The number of hydrogen-bond acceptors (Lipinski definition) is 5. The van der Waals surface area contributed by atoms with E-state index in [-0.39, 0.29) is 11.7 Å². The summed E-state index contributed by atoms with van der Waals surface area (Å²) in [5.41, 5.74) is 7.44. The van der Waals surface area contributed by atoms with Gasteiger partial charge in [-0.3, -0.25) is 0 Å². The molecule has 0 aliphatic rings. The second-order valence-electron chi connectivity index (χ2n) is 4.39. The number of nitrogens with two attached hydrogens (primary N) is 1. The predicted octanol–water partition coefficient (Wildman–Crippen LogP) is 3.13. The summed E-state index contributed by atoms with van der Waals surface area (Å²) in [6.45, 7) is 0. The van der Waals surface area contributed by atoms with E-state index in [1.807, 2.05) is 0 Å². The Morgan fingerprint density at radius 3 is 2.81 bits per heavy atom. The Kier molecular flexibility index (Phi) is 3.27. The molecule has 5 nitrogen and oxygen atoms in total. The predicted molar refractivity (Wildman–Crippen MR) is 76.1 cm³/mol. The molecule has 0 amide bonds. The summed E-state index contributed by atoms with van der Waals surface area (Å²) < 4.78 is 23.7. The fourth-order valence-electron chi connectivity index (χ4n) is 1.96. The van der Waals surface area contributed by atoms with E-state index < -0.39 is 0 Å². The molecular formula is C15H12FN3O2. The fraction of sp³-hybridized carbons (Fsp3) is 0.0667. The molecule has 2 aromatic carbocycles. The Morgan fingerprint density at radius 2 is 2.05 bits per heavy atom. The van der Waals surface area contributed by atoms with Gasteiger partial charge in [0.25, 0.3) is 5.89 Å². The second kappa shape index (κ2) is 5.24. The molecule has 106 valence electrons. The first-order chi connectivity index (χ1) is 10.2. The standard InChI is InChI=1S/C15H12FN3O2/c1-20-13-8-11(17)5-6-12(13)15-18-14(19-21-15)9-3-2-4-10(16)7-9/h2-8H,17H2,1H3. The smallest absolute Gasteiger partial charge is 0.262 e. The Labute approximate surface area is 120 Å². The normalized spacial score (nSPS) is 10.6. The molecule has 3 aromatic rings. The average Bonchev–Trinajstić information content (AvgIpc) is 2.96. The number of nitrogens with zero attached hydrogens (tertiary/aromatic N) is 2. The lowest BCUT2D eigenvalue weighted by Crippen LogP contribution is -1.91. The highest BCUT2D eigenvalue weighted by molar-refractivity contribution is 5.68. The van der Waals surface area contributed by atoms with Gasteiger partial charge in [-0.25, -0.2) is 4.39 Å². The molecule has 0 aliphatic heterocycles. The molecule has 2 N–H and O–H groups in total. The van der Waals surface area contributed by atoms with E-state index >= 15 is 0 Å². The Balaban J connectivity index is 2.02. The SMILES string of the molecule is COc1cc(N)ccc1-c1nc(-c2cccc(F)c2)no1. The molecule has 1 heterocycles. The van der Waals surface area contributed by atoms with Crippen LogP contribution in [0.15, 0.2) is 47.0 Å². The maximum atomic E-state index is 13.2. The molecule has 0 spiro atoms. The van der Waals surface area contributed by atoms with Crippen molar-refractivity contribution < 1.29 is 13.7 Å². The molecule has 0 fully saturated rings. The lowest BCUT2D eigenvalue weighted by atomic mass is 10.1. The lowest BCUT2D eigenvalue weighted by molar-refractivity contribution is 0.405. The van der Waals surface area contributed by atoms with Gasteiger partial charge < -0.3 is 15.0 Å². The zero-order valence-electron chi connectivity index (χ0n) is 11.2. The largest absolute Gasteiger partial charge is 0.496 e. The lowest BCUT2D eigenvalue weighted by Gasteiger charge is -2.05. The van der Waals surface area contributed by atoms with E-state index in [0.717, 1.165) is 0 Å². The molecule has 0 radical (unpaired) electrons. The van der Waals surface area contributed by atoms with Crippen LogP contribution in [0.1, 0.15) is 0 Å². The van der Waals surface area contributed by atoms with Gasteiger partial charge in [-0.15, -0.1) is 0 Å². The first-order valence-electron chi connectivity index (χ1n) is 6.21. The van der Waals surface area contributed by atoms with Crippen molar-refractivity contribution in [1.29, 1.82) is 0 Å². The van der Waals surface area contributed by atoms with E-state index in [2.05, 4.69) is 10.1 Å². The molecule has 0 atom stereocenters. The average molecular weight is 285 g/mol.